The third kappa shape index (κ3) is 3.48. The molecule has 0 saturated heterocycles. The molecule has 4 heteroatoms. The Morgan fingerprint density at radius 2 is 1.74 bits per heavy atom. The summed E-state index contributed by atoms with van der Waals surface area (Å²) in [5.74, 6) is 0.904. The minimum Gasteiger partial charge on any atom is -0.285 e. The van der Waals surface area contributed by atoms with Gasteiger partial charge in [-0.1, -0.05) is 54.2 Å². The number of benzene rings is 2. The van der Waals surface area contributed by atoms with Crippen molar-refractivity contribution in [3.8, 4) is 0 Å². The Balaban J connectivity index is 1.90. The molecule has 0 aliphatic rings. The molecule has 23 heavy (non-hydrogen) atoms. The molecule has 0 spiro atoms. The van der Waals surface area contributed by atoms with E-state index < -0.39 is 0 Å². The molecule has 0 saturated carbocycles. The van der Waals surface area contributed by atoms with E-state index in [0.717, 1.165) is 22.8 Å². The highest BCUT2D eigenvalue weighted by atomic mass is 32.2. The second kappa shape index (κ2) is 7.01. The first-order valence-electron chi connectivity index (χ1n) is 7.85. The Morgan fingerprint density at radius 3 is 2.48 bits per heavy atom. The van der Waals surface area contributed by atoms with Crippen molar-refractivity contribution in [3.05, 3.63) is 70.5 Å². The number of nitrogens with zero attached hydrogens (tertiary/aromatic N) is 2. The van der Waals surface area contributed by atoms with E-state index in [4.69, 9.17) is 4.98 Å². The van der Waals surface area contributed by atoms with E-state index in [9.17, 15) is 4.79 Å². The molecule has 118 valence electrons. The van der Waals surface area contributed by atoms with Crippen LogP contribution >= 0.6 is 11.8 Å². The SMILES string of the molecule is CC(C)n1c(SCCc2ccccc2)nc2ccccc2c1=O. The predicted molar refractivity (Wildman–Crippen MR) is 97.3 cm³/mol. The average Bonchev–Trinajstić information content (AvgIpc) is 2.55. The topological polar surface area (TPSA) is 34.9 Å². The average molecular weight is 324 g/mol. The Morgan fingerprint density at radius 1 is 1.04 bits per heavy atom. The Hall–Kier alpha value is -2.07. The first-order chi connectivity index (χ1) is 11.2. The van der Waals surface area contributed by atoms with Gasteiger partial charge in [0.05, 0.1) is 10.9 Å². The summed E-state index contributed by atoms with van der Waals surface area (Å²) in [7, 11) is 0. The monoisotopic (exact) mass is 324 g/mol. The van der Waals surface area contributed by atoms with Crippen molar-refractivity contribution in [2.75, 3.05) is 5.75 Å². The van der Waals surface area contributed by atoms with Gasteiger partial charge in [0, 0.05) is 11.8 Å². The smallest absolute Gasteiger partial charge is 0.262 e. The summed E-state index contributed by atoms with van der Waals surface area (Å²) in [4.78, 5) is 17.4. The van der Waals surface area contributed by atoms with E-state index in [-0.39, 0.29) is 11.6 Å². The van der Waals surface area contributed by atoms with Crippen LogP contribution in [0.1, 0.15) is 25.5 Å². The van der Waals surface area contributed by atoms with Crippen molar-refractivity contribution in [2.24, 2.45) is 0 Å². The zero-order valence-electron chi connectivity index (χ0n) is 13.4. The first-order valence-corrected chi connectivity index (χ1v) is 8.83. The van der Waals surface area contributed by atoms with Crippen LogP contribution in [0.25, 0.3) is 10.9 Å². The number of hydrogen-bond donors (Lipinski definition) is 0. The minimum absolute atomic E-state index is 0.0489. The number of aryl methyl sites for hydroxylation is 1. The lowest BCUT2D eigenvalue weighted by Gasteiger charge is -2.16. The van der Waals surface area contributed by atoms with Crippen LogP contribution in [0, 0.1) is 0 Å². The summed E-state index contributed by atoms with van der Waals surface area (Å²) in [6, 6.07) is 18.1. The van der Waals surface area contributed by atoms with E-state index in [2.05, 4.69) is 24.3 Å². The van der Waals surface area contributed by atoms with Gasteiger partial charge in [0.15, 0.2) is 5.16 Å². The highest BCUT2D eigenvalue weighted by Crippen LogP contribution is 2.21. The van der Waals surface area contributed by atoms with Gasteiger partial charge in [0.2, 0.25) is 0 Å². The lowest BCUT2D eigenvalue weighted by molar-refractivity contribution is 0.519. The van der Waals surface area contributed by atoms with Crippen LogP contribution in [0.15, 0.2) is 64.5 Å². The van der Waals surface area contributed by atoms with Crippen molar-refractivity contribution >= 4 is 22.7 Å². The fourth-order valence-electron chi connectivity index (χ4n) is 2.59. The maximum Gasteiger partial charge on any atom is 0.262 e. The van der Waals surface area contributed by atoms with Crippen molar-refractivity contribution in [1.29, 1.82) is 0 Å². The Kier molecular flexibility index (Phi) is 4.82. The maximum atomic E-state index is 12.7. The van der Waals surface area contributed by atoms with Crippen LogP contribution in [0.5, 0.6) is 0 Å². The molecule has 0 amide bonds. The summed E-state index contributed by atoms with van der Waals surface area (Å²) < 4.78 is 1.80. The molecule has 3 nitrogen and oxygen atoms in total. The van der Waals surface area contributed by atoms with Gasteiger partial charge in [-0.15, -0.1) is 0 Å². The van der Waals surface area contributed by atoms with Gasteiger partial charge in [-0.3, -0.25) is 9.36 Å². The number of para-hydroxylation sites is 1. The second-order valence-electron chi connectivity index (χ2n) is 5.76. The zero-order valence-corrected chi connectivity index (χ0v) is 14.2. The third-order valence-electron chi connectivity index (χ3n) is 3.76. The number of aromatic nitrogens is 2. The van der Waals surface area contributed by atoms with E-state index in [1.807, 2.05) is 44.2 Å². The normalized spacial score (nSPS) is 11.3. The Labute approximate surface area is 140 Å². The third-order valence-corrected chi connectivity index (χ3v) is 4.71. The molecule has 0 bridgehead atoms. The molecule has 0 aliphatic carbocycles. The quantitative estimate of drug-likeness (QED) is 0.518. The molecule has 3 rings (SSSR count). The fourth-order valence-corrected chi connectivity index (χ4v) is 3.70. The number of fused-ring (bicyclic) bond motifs is 1. The van der Waals surface area contributed by atoms with Gasteiger partial charge < -0.3 is 0 Å². The van der Waals surface area contributed by atoms with Crippen LogP contribution in [0.4, 0.5) is 0 Å². The second-order valence-corrected chi connectivity index (χ2v) is 6.83. The molecule has 1 heterocycles. The molecule has 0 aliphatic heterocycles. The zero-order chi connectivity index (χ0) is 16.2. The van der Waals surface area contributed by atoms with E-state index in [0.29, 0.717) is 5.39 Å². The summed E-state index contributed by atoms with van der Waals surface area (Å²) in [5, 5.41) is 1.49. The van der Waals surface area contributed by atoms with Crippen molar-refractivity contribution in [3.63, 3.8) is 0 Å². The van der Waals surface area contributed by atoms with Gasteiger partial charge in [-0.05, 0) is 38.0 Å². The molecular weight excluding hydrogens is 304 g/mol. The highest BCUT2D eigenvalue weighted by Gasteiger charge is 2.13. The number of rotatable bonds is 5. The molecule has 0 radical (unpaired) electrons. The standard InChI is InChI=1S/C19H20N2OS/c1-14(2)21-18(22)16-10-6-7-11-17(16)20-19(21)23-13-12-15-8-4-3-5-9-15/h3-11,14H,12-13H2,1-2H3. The van der Waals surface area contributed by atoms with Crippen molar-refractivity contribution in [1.82, 2.24) is 9.55 Å². The van der Waals surface area contributed by atoms with Crippen LogP contribution < -0.4 is 5.56 Å². The lowest BCUT2D eigenvalue weighted by Crippen LogP contribution is -2.25. The van der Waals surface area contributed by atoms with Gasteiger partial charge in [0.1, 0.15) is 0 Å². The molecule has 0 fully saturated rings. The van der Waals surface area contributed by atoms with Crippen LogP contribution in [-0.2, 0) is 6.42 Å². The summed E-state index contributed by atoms with van der Waals surface area (Å²) in [6.07, 6.45) is 0.965. The molecule has 0 unspecified atom stereocenters. The molecule has 0 atom stereocenters. The molecular formula is C19H20N2OS. The fraction of sp³-hybridized carbons (Fsp3) is 0.263. The molecule has 2 aromatic carbocycles. The first kappa shape index (κ1) is 15.8. The van der Waals surface area contributed by atoms with Crippen LogP contribution in [0.2, 0.25) is 0 Å². The van der Waals surface area contributed by atoms with E-state index in [1.165, 1.54) is 5.56 Å². The van der Waals surface area contributed by atoms with Crippen molar-refractivity contribution in [2.45, 2.75) is 31.5 Å². The number of hydrogen-bond acceptors (Lipinski definition) is 3. The van der Waals surface area contributed by atoms with Gasteiger partial charge in [-0.25, -0.2) is 4.98 Å². The largest absolute Gasteiger partial charge is 0.285 e. The maximum absolute atomic E-state index is 12.7. The van der Waals surface area contributed by atoms with E-state index in [1.54, 1.807) is 16.3 Å². The Bertz CT molecular complexity index is 856. The molecule has 1 aromatic heterocycles. The summed E-state index contributed by atoms with van der Waals surface area (Å²) in [5.41, 5.74) is 2.13. The van der Waals surface area contributed by atoms with Crippen molar-refractivity contribution < 1.29 is 0 Å². The van der Waals surface area contributed by atoms with E-state index >= 15 is 0 Å². The van der Waals surface area contributed by atoms with Gasteiger partial charge in [0.25, 0.3) is 5.56 Å². The summed E-state index contributed by atoms with van der Waals surface area (Å²) in [6.45, 7) is 4.05. The summed E-state index contributed by atoms with van der Waals surface area (Å²) >= 11 is 1.65. The van der Waals surface area contributed by atoms with Crippen LogP contribution in [0.3, 0.4) is 0 Å². The predicted octanol–water partition coefficient (Wildman–Crippen LogP) is 4.31. The minimum atomic E-state index is 0.0489. The lowest BCUT2D eigenvalue weighted by atomic mass is 10.2. The van der Waals surface area contributed by atoms with Gasteiger partial charge in [-0.2, -0.15) is 0 Å². The van der Waals surface area contributed by atoms with Gasteiger partial charge >= 0.3 is 0 Å². The molecule has 0 N–H and O–H groups in total. The number of thioether (sulfide) groups is 1. The highest BCUT2D eigenvalue weighted by molar-refractivity contribution is 7.99. The van der Waals surface area contributed by atoms with Crippen LogP contribution in [-0.4, -0.2) is 15.3 Å². The molecule has 3 aromatic rings.